The number of hydrogen-bond donors (Lipinski definition) is 1. The smallest absolute Gasteiger partial charge is 0.241 e. The number of nitrogens with two attached hydrogens (primary N) is 1. The van der Waals surface area contributed by atoms with E-state index in [1.165, 1.54) is 6.07 Å². The summed E-state index contributed by atoms with van der Waals surface area (Å²) in [4.78, 5) is 16.7. The monoisotopic (exact) mass is 415 g/mol. The molecule has 0 saturated heterocycles. The zero-order valence-electron chi connectivity index (χ0n) is 15.7. The van der Waals surface area contributed by atoms with Crippen molar-refractivity contribution in [2.75, 3.05) is 18.0 Å². The molecule has 152 valence electrons. The van der Waals surface area contributed by atoms with Gasteiger partial charge in [0.15, 0.2) is 0 Å². The molecule has 1 aliphatic rings. The Hall–Kier alpha value is -2.88. The van der Waals surface area contributed by atoms with Gasteiger partial charge in [-0.1, -0.05) is 0 Å². The topological polar surface area (TPSA) is 110 Å². The normalized spacial score (nSPS) is 13.8. The third-order valence-corrected chi connectivity index (χ3v) is 5.77. The number of primary sulfonamides is 1. The number of carbonyl (C=O) groups excluding carboxylic acids is 1. The Labute approximate surface area is 168 Å². The Morgan fingerprint density at radius 1 is 1.07 bits per heavy atom. The molecular weight excluding hydrogens is 394 g/mol. The summed E-state index contributed by atoms with van der Waals surface area (Å²) in [6, 6.07) is 12.0. The fourth-order valence-electron chi connectivity index (χ4n) is 3.50. The van der Waals surface area contributed by atoms with Crippen molar-refractivity contribution >= 4 is 21.6 Å². The van der Waals surface area contributed by atoms with Crippen LogP contribution in [0.4, 0.5) is 5.69 Å². The van der Waals surface area contributed by atoms with Gasteiger partial charge in [0.1, 0.15) is 11.5 Å². The van der Waals surface area contributed by atoms with Crippen LogP contribution in [0.3, 0.4) is 0 Å². The number of sulfonamides is 1. The van der Waals surface area contributed by atoms with Crippen LogP contribution < -0.4 is 10.0 Å². The van der Waals surface area contributed by atoms with E-state index in [0.29, 0.717) is 26.1 Å². The standard InChI is InChI=1S/C20H21N3O5S/c21-29(25,26)18-5-6-19-15(11-18)7-8-23(19)20(24)14-22(12-16-3-1-9-27-16)13-17-4-2-10-28-17/h1-6,9-11H,7-8,12-14H2,(H2,21,25,26). The van der Waals surface area contributed by atoms with Crippen LogP contribution in [0.25, 0.3) is 0 Å². The molecule has 1 amide bonds. The van der Waals surface area contributed by atoms with Crippen molar-refractivity contribution in [3.63, 3.8) is 0 Å². The van der Waals surface area contributed by atoms with E-state index in [1.807, 2.05) is 29.2 Å². The molecule has 8 nitrogen and oxygen atoms in total. The van der Waals surface area contributed by atoms with Crippen LogP contribution in [0.15, 0.2) is 68.7 Å². The first kappa shape index (κ1) is 19.4. The first-order chi connectivity index (χ1) is 13.9. The van der Waals surface area contributed by atoms with E-state index in [-0.39, 0.29) is 17.3 Å². The predicted molar refractivity (Wildman–Crippen MR) is 105 cm³/mol. The van der Waals surface area contributed by atoms with Crippen LogP contribution >= 0.6 is 0 Å². The zero-order valence-corrected chi connectivity index (χ0v) is 16.5. The summed E-state index contributed by atoms with van der Waals surface area (Å²) in [5.74, 6) is 1.43. The Kier molecular flexibility index (Phi) is 5.27. The third kappa shape index (κ3) is 4.42. The molecule has 29 heavy (non-hydrogen) atoms. The van der Waals surface area contributed by atoms with Crippen LogP contribution in [-0.2, 0) is 34.3 Å². The number of anilines is 1. The summed E-state index contributed by atoms with van der Waals surface area (Å²) in [6.45, 7) is 1.59. The van der Waals surface area contributed by atoms with Crippen molar-refractivity contribution in [2.24, 2.45) is 5.14 Å². The summed E-state index contributed by atoms with van der Waals surface area (Å²) >= 11 is 0. The molecule has 1 aliphatic heterocycles. The van der Waals surface area contributed by atoms with Crippen LogP contribution in [0.2, 0.25) is 0 Å². The lowest BCUT2D eigenvalue weighted by Crippen LogP contribution is -2.39. The lowest BCUT2D eigenvalue weighted by atomic mass is 10.2. The number of fused-ring (bicyclic) bond motifs is 1. The quantitative estimate of drug-likeness (QED) is 0.633. The van der Waals surface area contributed by atoms with Gasteiger partial charge in [-0.3, -0.25) is 9.69 Å². The Balaban J connectivity index is 1.51. The molecule has 0 radical (unpaired) electrons. The molecule has 0 spiro atoms. The molecule has 1 aromatic carbocycles. The number of carbonyl (C=O) groups is 1. The van der Waals surface area contributed by atoms with Gasteiger partial charge in [-0.2, -0.15) is 0 Å². The van der Waals surface area contributed by atoms with E-state index in [2.05, 4.69) is 0 Å². The van der Waals surface area contributed by atoms with Gasteiger partial charge in [0, 0.05) is 12.2 Å². The molecule has 0 atom stereocenters. The maximum absolute atomic E-state index is 13.0. The third-order valence-electron chi connectivity index (χ3n) is 4.85. The molecule has 0 fully saturated rings. The largest absolute Gasteiger partial charge is 0.468 e. The average Bonchev–Trinajstić information content (AvgIpc) is 3.42. The Bertz CT molecular complexity index is 1060. The summed E-state index contributed by atoms with van der Waals surface area (Å²) in [5, 5.41) is 5.21. The molecule has 0 bridgehead atoms. The highest BCUT2D eigenvalue weighted by molar-refractivity contribution is 7.89. The summed E-state index contributed by atoms with van der Waals surface area (Å²) < 4.78 is 34.0. The highest BCUT2D eigenvalue weighted by Gasteiger charge is 2.27. The molecular formula is C20H21N3O5S. The van der Waals surface area contributed by atoms with Gasteiger partial charge in [-0.05, 0) is 54.4 Å². The molecule has 0 saturated carbocycles. The number of rotatable bonds is 7. The second-order valence-corrected chi connectivity index (χ2v) is 8.50. The minimum Gasteiger partial charge on any atom is -0.468 e. The van der Waals surface area contributed by atoms with Crippen molar-refractivity contribution in [2.45, 2.75) is 24.4 Å². The van der Waals surface area contributed by atoms with Crippen LogP contribution in [0.5, 0.6) is 0 Å². The van der Waals surface area contributed by atoms with Gasteiger partial charge >= 0.3 is 0 Å². The number of benzene rings is 1. The van der Waals surface area contributed by atoms with Gasteiger partial charge in [0.05, 0.1) is 37.1 Å². The van der Waals surface area contributed by atoms with Crippen molar-refractivity contribution in [3.05, 3.63) is 72.1 Å². The molecule has 0 aliphatic carbocycles. The first-order valence-electron chi connectivity index (χ1n) is 9.13. The lowest BCUT2D eigenvalue weighted by Gasteiger charge is -2.24. The van der Waals surface area contributed by atoms with Crippen LogP contribution in [0, 0.1) is 0 Å². The van der Waals surface area contributed by atoms with E-state index in [1.54, 1.807) is 29.6 Å². The van der Waals surface area contributed by atoms with Crippen molar-refractivity contribution < 1.29 is 22.0 Å². The predicted octanol–water partition coefficient (Wildman–Crippen LogP) is 2.11. The molecule has 2 aromatic heterocycles. The second-order valence-electron chi connectivity index (χ2n) is 6.93. The van der Waals surface area contributed by atoms with Gasteiger partial charge in [0.2, 0.25) is 15.9 Å². The van der Waals surface area contributed by atoms with E-state index < -0.39 is 10.0 Å². The van der Waals surface area contributed by atoms with Crippen molar-refractivity contribution in [3.8, 4) is 0 Å². The second kappa shape index (κ2) is 7.86. The highest BCUT2D eigenvalue weighted by atomic mass is 32.2. The minimum absolute atomic E-state index is 0.0582. The molecule has 4 rings (SSSR count). The maximum Gasteiger partial charge on any atom is 0.241 e. The maximum atomic E-state index is 13.0. The van der Waals surface area contributed by atoms with Gasteiger partial charge < -0.3 is 13.7 Å². The highest BCUT2D eigenvalue weighted by Crippen LogP contribution is 2.30. The van der Waals surface area contributed by atoms with Crippen LogP contribution in [0.1, 0.15) is 17.1 Å². The summed E-state index contributed by atoms with van der Waals surface area (Å²) in [7, 11) is -3.77. The fourth-order valence-corrected chi connectivity index (χ4v) is 4.07. The SMILES string of the molecule is NS(=O)(=O)c1ccc2c(c1)CCN2C(=O)CN(Cc1ccco1)Cc1ccco1. The number of nitrogens with zero attached hydrogens (tertiary/aromatic N) is 2. The minimum atomic E-state index is -3.77. The van der Waals surface area contributed by atoms with Gasteiger partial charge in [-0.15, -0.1) is 0 Å². The summed E-state index contributed by atoms with van der Waals surface area (Å²) in [6.07, 6.45) is 3.78. The fraction of sp³-hybridized carbons (Fsp3) is 0.250. The first-order valence-corrected chi connectivity index (χ1v) is 10.7. The Morgan fingerprint density at radius 2 is 1.72 bits per heavy atom. The summed E-state index contributed by atoms with van der Waals surface area (Å²) in [5.41, 5.74) is 1.52. The number of furan rings is 2. The number of hydrogen-bond acceptors (Lipinski definition) is 6. The van der Waals surface area contributed by atoms with Crippen LogP contribution in [-0.4, -0.2) is 32.3 Å². The van der Waals surface area contributed by atoms with E-state index >= 15 is 0 Å². The number of amides is 1. The molecule has 9 heteroatoms. The molecule has 3 aromatic rings. The van der Waals surface area contributed by atoms with Gasteiger partial charge in [-0.25, -0.2) is 13.6 Å². The van der Waals surface area contributed by atoms with E-state index in [4.69, 9.17) is 14.0 Å². The Morgan fingerprint density at radius 3 is 2.28 bits per heavy atom. The van der Waals surface area contributed by atoms with E-state index in [0.717, 1.165) is 22.8 Å². The van der Waals surface area contributed by atoms with E-state index in [9.17, 15) is 13.2 Å². The van der Waals surface area contributed by atoms with Gasteiger partial charge in [0.25, 0.3) is 0 Å². The average molecular weight is 415 g/mol. The zero-order chi connectivity index (χ0) is 20.4. The van der Waals surface area contributed by atoms with Crippen molar-refractivity contribution in [1.82, 2.24) is 4.90 Å². The lowest BCUT2D eigenvalue weighted by molar-refractivity contribution is -0.120. The molecule has 2 N–H and O–H groups in total. The van der Waals surface area contributed by atoms with Crippen molar-refractivity contribution in [1.29, 1.82) is 0 Å². The molecule has 0 unspecified atom stereocenters. The molecule has 3 heterocycles.